The van der Waals surface area contributed by atoms with Gasteiger partial charge in [0.25, 0.3) is 5.91 Å². The van der Waals surface area contributed by atoms with E-state index in [2.05, 4.69) is 15.8 Å². The molecule has 2 aromatic carbocycles. The Morgan fingerprint density at radius 2 is 2.04 bits per heavy atom. The van der Waals surface area contributed by atoms with Crippen molar-refractivity contribution in [2.75, 3.05) is 6.54 Å². The SMILES string of the molecule is O=C1NCC(c2ccccc2)C1C(=O)N/N=C\c1cc(Cl)ccc1O. The van der Waals surface area contributed by atoms with Gasteiger partial charge in [-0.15, -0.1) is 0 Å². The van der Waals surface area contributed by atoms with Gasteiger partial charge in [-0.2, -0.15) is 5.10 Å². The second kappa shape index (κ2) is 7.36. The predicted octanol–water partition coefficient (Wildman–Crippen LogP) is 2.03. The van der Waals surface area contributed by atoms with E-state index in [0.717, 1.165) is 5.56 Å². The largest absolute Gasteiger partial charge is 0.507 e. The smallest absolute Gasteiger partial charge is 0.253 e. The lowest BCUT2D eigenvalue weighted by atomic mass is 9.88. The van der Waals surface area contributed by atoms with E-state index in [-0.39, 0.29) is 17.6 Å². The lowest BCUT2D eigenvalue weighted by molar-refractivity contribution is -0.133. The van der Waals surface area contributed by atoms with Crippen LogP contribution in [0.3, 0.4) is 0 Å². The Bertz CT molecular complexity index is 824. The molecule has 0 bridgehead atoms. The lowest BCUT2D eigenvalue weighted by Gasteiger charge is -2.15. The number of rotatable bonds is 4. The molecule has 1 heterocycles. The van der Waals surface area contributed by atoms with Crippen LogP contribution < -0.4 is 10.7 Å². The number of carbonyl (C=O) groups excluding carboxylic acids is 2. The number of amides is 2. The minimum absolute atomic E-state index is 0.0110. The van der Waals surface area contributed by atoms with Crippen LogP contribution in [-0.4, -0.2) is 29.7 Å². The molecule has 1 fully saturated rings. The first-order valence-electron chi connectivity index (χ1n) is 7.70. The van der Waals surface area contributed by atoms with E-state index in [9.17, 15) is 14.7 Å². The van der Waals surface area contributed by atoms with Crippen molar-refractivity contribution >= 4 is 29.6 Å². The topological polar surface area (TPSA) is 90.8 Å². The van der Waals surface area contributed by atoms with Gasteiger partial charge >= 0.3 is 0 Å². The summed E-state index contributed by atoms with van der Waals surface area (Å²) in [4.78, 5) is 24.5. The zero-order chi connectivity index (χ0) is 17.8. The molecule has 2 atom stereocenters. The number of hydrogen-bond donors (Lipinski definition) is 3. The third kappa shape index (κ3) is 3.80. The van der Waals surface area contributed by atoms with Crippen LogP contribution in [0.25, 0.3) is 0 Å². The molecule has 0 saturated carbocycles. The third-order valence-corrected chi connectivity index (χ3v) is 4.29. The van der Waals surface area contributed by atoms with Gasteiger partial charge in [-0.05, 0) is 23.8 Å². The van der Waals surface area contributed by atoms with Crippen LogP contribution in [0.5, 0.6) is 5.75 Å². The highest BCUT2D eigenvalue weighted by Gasteiger charge is 2.40. The fourth-order valence-corrected chi connectivity index (χ4v) is 2.98. The van der Waals surface area contributed by atoms with Crippen molar-refractivity contribution in [3.05, 3.63) is 64.7 Å². The first-order chi connectivity index (χ1) is 12.1. The third-order valence-electron chi connectivity index (χ3n) is 4.06. The van der Waals surface area contributed by atoms with Gasteiger partial charge in [0.2, 0.25) is 5.91 Å². The number of nitrogens with zero attached hydrogens (tertiary/aromatic N) is 1. The fraction of sp³-hybridized carbons (Fsp3) is 0.167. The van der Waals surface area contributed by atoms with E-state index in [4.69, 9.17) is 11.6 Å². The number of carbonyl (C=O) groups is 2. The summed E-state index contributed by atoms with van der Waals surface area (Å²) in [5, 5.41) is 16.7. The van der Waals surface area contributed by atoms with Crippen LogP contribution in [0, 0.1) is 5.92 Å². The van der Waals surface area contributed by atoms with E-state index in [1.165, 1.54) is 18.3 Å². The van der Waals surface area contributed by atoms with Crippen molar-refractivity contribution < 1.29 is 14.7 Å². The minimum Gasteiger partial charge on any atom is -0.507 e. The van der Waals surface area contributed by atoms with Gasteiger partial charge < -0.3 is 10.4 Å². The first kappa shape index (κ1) is 17.0. The summed E-state index contributed by atoms with van der Waals surface area (Å²) in [5.41, 5.74) is 3.64. The number of nitrogens with one attached hydrogen (secondary N) is 2. The van der Waals surface area contributed by atoms with Crippen molar-refractivity contribution in [1.29, 1.82) is 0 Å². The van der Waals surface area contributed by atoms with Gasteiger partial charge in [0.1, 0.15) is 11.7 Å². The average molecular weight is 358 g/mol. The highest BCUT2D eigenvalue weighted by Crippen LogP contribution is 2.29. The van der Waals surface area contributed by atoms with Crippen LogP contribution in [-0.2, 0) is 9.59 Å². The number of phenolic OH excluding ortho intramolecular Hbond substituents is 1. The second-order valence-corrected chi connectivity index (χ2v) is 6.11. The number of benzene rings is 2. The van der Waals surface area contributed by atoms with E-state index in [0.29, 0.717) is 17.1 Å². The van der Waals surface area contributed by atoms with E-state index in [1.54, 1.807) is 6.07 Å². The zero-order valence-corrected chi connectivity index (χ0v) is 13.9. The van der Waals surface area contributed by atoms with Crippen LogP contribution in [0.1, 0.15) is 17.0 Å². The van der Waals surface area contributed by atoms with Crippen molar-refractivity contribution in [2.45, 2.75) is 5.92 Å². The standard InChI is InChI=1S/C18H16ClN3O3/c19-13-6-7-15(23)12(8-13)9-21-22-18(25)16-14(10-20-17(16)24)11-4-2-1-3-5-11/h1-9,14,16,23H,10H2,(H,20,24)(H,22,25)/b21-9-. The molecule has 0 spiro atoms. The highest BCUT2D eigenvalue weighted by atomic mass is 35.5. The first-order valence-corrected chi connectivity index (χ1v) is 8.08. The van der Waals surface area contributed by atoms with Crippen LogP contribution in [0.2, 0.25) is 5.02 Å². The number of phenols is 1. The molecule has 128 valence electrons. The highest BCUT2D eigenvalue weighted by molar-refractivity contribution is 6.30. The van der Waals surface area contributed by atoms with E-state index in [1.807, 2.05) is 30.3 Å². The predicted molar refractivity (Wildman–Crippen MR) is 94.5 cm³/mol. The molecule has 2 aromatic rings. The molecule has 3 N–H and O–H groups in total. The summed E-state index contributed by atoms with van der Waals surface area (Å²) in [5.74, 6) is -1.94. The number of halogens is 1. The molecule has 7 heteroatoms. The molecule has 1 aliphatic rings. The van der Waals surface area contributed by atoms with Gasteiger partial charge in [0.05, 0.1) is 6.21 Å². The van der Waals surface area contributed by atoms with Crippen LogP contribution in [0.4, 0.5) is 0 Å². The summed E-state index contributed by atoms with van der Waals surface area (Å²) in [6.07, 6.45) is 1.28. The van der Waals surface area contributed by atoms with Crippen molar-refractivity contribution in [2.24, 2.45) is 11.0 Å². The molecule has 6 nitrogen and oxygen atoms in total. The van der Waals surface area contributed by atoms with Crippen LogP contribution in [0.15, 0.2) is 53.6 Å². The van der Waals surface area contributed by atoms with E-state index >= 15 is 0 Å². The van der Waals surface area contributed by atoms with Gasteiger partial charge in [0, 0.05) is 23.0 Å². The van der Waals surface area contributed by atoms with Gasteiger partial charge in [-0.1, -0.05) is 41.9 Å². The Balaban J connectivity index is 1.72. The molecule has 25 heavy (non-hydrogen) atoms. The molecule has 0 radical (unpaired) electrons. The summed E-state index contributed by atoms with van der Waals surface area (Å²) >= 11 is 5.85. The van der Waals surface area contributed by atoms with Gasteiger partial charge in [-0.25, -0.2) is 5.43 Å². The molecular formula is C18H16ClN3O3. The normalized spacial score (nSPS) is 19.8. The maximum Gasteiger partial charge on any atom is 0.253 e. The molecular weight excluding hydrogens is 342 g/mol. The summed E-state index contributed by atoms with van der Waals surface area (Å²) in [6.45, 7) is 0.403. The Labute approximate surface area is 149 Å². The number of aromatic hydroxyl groups is 1. The number of hydrogen-bond acceptors (Lipinski definition) is 4. The van der Waals surface area contributed by atoms with Crippen molar-refractivity contribution in [3.63, 3.8) is 0 Å². The number of hydrazone groups is 1. The van der Waals surface area contributed by atoms with E-state index < -0.39 is 11.8 Å². The molecule has 0 aliphatic carbocycles. The van der Waals surface area contributed by atoms with Gasteiger partial charge in [0.15, 0.2) is 0 Å². The zero-order valence-electron chi connectivity index (χ0n) is 13.1. The second-order valence-electron chi connectivity index (χ2n) is 5.68. The quantitative estimate of drug-likeness (QED) is 0.444. The van der Waals surface area contributed by atoms with Crippen LogP contribution >= 0.6 is 11.6 Å². The monoisotopic (exact) mass is 357 g/mol. The molecule has 2 amide bonds. The maximum atomic E-state index is 12.4. The lowest BCUT2D eigenvalue weighted by Crippen LogP contribution is -2.34. The van der Waals surface area contributed by atoms with Crippen molar-refractivity contribution in [1.82, 2.24) is 10.7 Å². The molecule has 3 rings (SSSR count). The minimum atomic E-state index is -0.854. The van der Waals surface area contributed by atoms with Crippen molar-refractivity contribution in [3.8, 4) is 5.75 Å². The maximum absolute atomic E-state index is 12.4. The summed E-state index contributed by atoms with van der Waals surface area (Å²) in [7, 11) is 0. The average Bonchev–Trinajstić information content (AvgIpc) is 3.00. The fourth-order valence-electron chi connectivity index (χ4n) is 2.80. The Hall–Kier alpha value is -2.86. The molecule has 2 unspecified atom stereocenters. The summed E-state index contributed by atoms with van der Waals surface area (Å²) in [6, 6.07) is 13.9. The molecule has 1 saturated heterocycles. The molecule has 1 aliphatic heterocycles. The summed E-state index contributed by atoms with van der Waals surface area (Å²) < 4.78 is 0. The molecule has 0 aromatic heterocycles. The Morgan fingerprint density at radius 1 is 1.28 bits per heavy atom. The Kier molecular flexibility index (Phi) is 5.00. The van der Waals surface area contributed by atoms with Gasteiger partial charge in [-0.3, -0.25) is 9.59 Å². The Morgan fingerprint density at radius 3 is 2.80 bits per heavy atom.